The average Bonchev–Trinajstić information content (AvgIpc) is 2.43. The van der Waals surface area contributed by atoms with Crippen LogP contribution in [0.2, 0.25) is 0 Å². The van der Waals surface area contributed by atoms with Crippen molar-refractivity contribution in [1.29, 1.82) is 0 Å². The Morgan fingerprint density at radius 3 is 2.33 bits per heavy atom. The van der Waals surface area contributed by atoms with E-state index in [0.717, 1.165) is 38.8 Å². The van der Waals surface area contributed by atoms with Crippen LogP contribution in [0.25, 0.3) is 0 Å². The molecule has 3 nitrogen and oxygen atoms in total. The number of halogens is 2. The quantitative estimate of drug-likeness (QED) is 0.904. The Kier molecular flexibility index (Phi) is 5.67. The molecule has 1 aromatic carbocycles. The molecular weight excluding hydrogens is 272 g/mol. The summed E-state index contributed by atoms with van der Waals surface area (Å²) in [5, 5.41) is 0. The third-order valence-electron chi connectivity index (χ3n) is 4.02. The molecule has 118 valence electrons. The van der Waals surface area contributed by atoms with Gasteiger partial charge in [0.2, 0.25) is 0 Å². The molecule has 1 saturated heterocycles. The summed E-state index contributed by atoms with van der Waals surface area (Å²) in [6, 6.07) is 3.58. The molecule has 1 aliphatic rings. The van der Waals surface area contributed by atoms with E-state index in [1.165, 1.54) is 12.1 Å². The first-order valence-electron chi connectivity index (χ1n) is 7.62. The molecule has 21 heavy (non-hydrogen) atoms. The minimum atomic E-state index is -0.547. The third-order valence-corrected chi connectivity index (χ3v) is 4.02. The van der Waals surface area contributed by atoms with Gasteiger partial charge in [-0.3, -0.25) is 4.90 Å². The first-order chi connectivity index (χ1) is 10.0. The number of hydrogen-bond acceptors (Lipinski definition) is 3. The van der Waals surface area contributed by atoms with Crippen LogP contribution in [-0.4, -0.2) is 49.1 Å². The molecule has 0 aromatic heterocycles. The van der Waals surface area contributed by atoms with E-state index in [0.29, 0.717) is 18.0 Å². The van der Waals surface area contributed by atoms with E-state index in [2.05, 4.69) is 23.6 Å². The fraction of sp³-hybridized carbons (Fsp3) is 0.625. The zero-order valence-electron chi connectivity index (χ0n) is 12.9. The lowest BCUT2D eigenvalue weighted by atomic mass is 10.0. The predicted octanol–water partition coefficient (Wildman–Crippen LogP) is 2.24. The van der Waals surface area contributed by atoms with Gasteiger partial charge in [0.1, 0.15) is 11.6 Å². The molecule has 5 heteroatoms. The van der Waals surface area contributed by atoms with Crippen molar-refractivity contribution in [3.8, 4) is 0 Å². The lowest BCUT2D eigenvalue weighted by Gasteiger charge is -2.39. The Balaban J connectivity index is 2.02. The molecule has 1 aromatic rings. The van der Waals surface area contributed by atoms with E-state index in [1.807, 2.05) is 0 Å². The molecule has 0 amide bonds. The van der Waals surface area contributed by atoms with E-state index in [1.54, 1.807) is 0 Å². The number of nitrogens with zero attached hydrogens (tertiary/aromatic N) is 2. The number of hydrogen-bond donors (Lipinski definition) is 1. The molecule has 1 fully saturated rings. The second-order valence-electron chi connectivity index (χ2n) is 6.15. The van der Waals surface area contributed by atoms with Gasteiger partial charge in [-0.1, -0.05) is 19.9 Å². The van der Waals surface area contributed by atoms with Gasteiger partial charge >= 0.3 is 0 Å². The summed E-state index contributed by atoms with van der Waals surface area (Å²) in [4.78, 5) is 4.63. The molecule has 2 rings (SSSR count). The standard InChI is InChI=1S/C16H25F2N3/c1-12(2)11-20-5-7-21(8-6-20)16(10-19)14-4-3-13(17)9-15(14)18/h3-4,9,12,16H,5-8,10-11,19H2,1-2H3. The Morgan fingerprint density at radius 1 is 1.14 bits per heavy atom. The van der Waals surface area contributed by atoms with Crippen molar-refractivity contribution < 1.29 is 8.78 Å². The molecule has 0 bridgehead atoms. The second-order valence-corrected chi connectivity index (χ2v) is 6.15. The molecular formula is C16H25F2N3. The lowest BCUT2D eigenvalue weighted by molar-refractivity contribution is 0.0899. The summed E-state index contributed by atoms with van der Waals surface area (Å²) in [6.07, 6.45) is 0. The zero-order valence-corrected chi connectivity index (χ0v) is 12.9. The van der Waals surface area contributed by atoms with Crippen LogP contribution < -0.4 is 5.73 Å². The van der Waals surface area contributed by atoms with Gasteiger partial charge in [-0.25, -0.2) is 8.78 Å². The van der Waals surface area contributed by atoms with Gasteiger partial charge in [-0.15, -0.1) is 0 Å². The Labute approximate surface area is 125 Å². The largest absolute Gasteiger partial charge is 0.329 e. The van der Waals surface area contributed by atoms with E-state index in [4.69, 9.17) is 5.73 Å². The van der Waals surface area contributed by atoms with Crippen molar-refractivity contribution in [3.63, 3.8) is 0 Å². The number of rotatable bonds is 5. The van der Waals surface area contributed by atoms with Gasteiger partial charge in [0, 0.05) is 50.9 Å². The monoisotopic (exact) mass is 297 g/mol. The van der Waals surface area contributed by atoms with Crippen LogP contribution in [-0.2, 0) is 0 Å². The number of piperazine rings is 1. The van der Waals surface area contributed by atoms with Crippen LogP contribution in [0.1, 0.15) is 25.5 Å². The highest BCUT2D eigenvalue weighted by Crippen LogP contribution is 2.24. The number of nitrogens with two attached hydrogens (primary N) is 1. The molecule has 0 aliphatic carbocycles. The SMILES string of the molecule is CC(C)CN1CCN(C(CN)c2ccc(F)cc2F)CC1. The van der Waals surface area contributed by atoms with Crippen LogP contribution >= 0.6 is 0 Å². The summed E-state index contributed by atoms with van der Waals surface area (Å²) in [5.74, 6) is -0.403. The fourth-order valence-corrected chi connectivity index (χ4v) is 3.02. The zero-order chi connectivity index (χ0) is 15.4. The first-order valence-corrected chi connectivity index (χ1v) is 7.62. The van der Waals surface area contributed by atoms with E-state index in [-0.39, 0.29) is 6.04 Å². The van der Waals surface area contributed by atoms with Gasteiger partial charge < -0.3 is 10.6 Å². The molecule has 0 saturated carbocycles. The smallest absolute Gasteiger partial charge is 0.130 e. The highest BCUT2D eigenvalue weighted by molar-refractivity contribution is 5.22. The molecule has 1 atom stereocenters. The van der Waals surface area contributed by atoms with Gasteiger partial charge in [0.25, 0.3) is 0 Å². The van der Waals surface area contributed by atoms with Crippen molar-refractivity contribution in [2.24, 2.45) is 11.7 Å². The summed E-state index contributed by atoms with van der Waals surface area (Å²) < 4.78 is 27.0. The Hall–Kier alpha value is -1.04. The van der Waals surface area contributed by atoms with E-state index < -0.39 is 11.6 Å². The van der Waals surface area contributed by atoms with Crippen molar-refractivity contribution in [2.45, 2.75) is 19.9 Å². The molecule has 1 aliphatic heterocycles. The van der Waals surface area contributed by atoms with Crippen molar-refractivity contribution in [2.75, 3.05) is 39.3 Å². The van der Waals surface area contributed by atoms with Crippen molar-refractivity contribution >= 4 is 0 Å². The van der Waals surface area contributed by atoms with Gasteiger partial charge in [-0.05, 0) is 12.0 Å². The fourth-order valence-electron chi connectivity index (χ4n) is 3.02. The topological polar surface area (TPSA) is 32.5 Å². The lowest BCUT2D eigenvalue weighted by Crippen LogP contribution is -2.49. The first kappa shape index (κ1) is 16.3. The number of benzene rings is 1. The molecule has 2 N–H and O–H groups in total. The van der Waals surface area contributed by atoms with Crippen LogP contribution in [0.15, 0.2) is 18.2 Å². The summed E-state index contributed by atoms with van der Waals surface area (Å²) in [7, 11) is 0. The minimum absolute atomic E-state index is 0.174. The Bertz CT molecular complexity index is 457. The molecule has 0 radical (unpaired) electrons. The summed E-state index contributed by atoms with van der Waals surface area (Å²) >= 11 is 0. The Morgan fingerprint density at radius 2 is 1.81 bits per heavy atom. The van der Waals surface area contributed by atoms with Gasteiger partial charge in [-0.2, -0.15) is 0 Å². The maximum absolute atomic E-state index is 14.0. The van der Waals surface area contributed by atoms with Gasteiger partial charge in [0.15, 0.2) is 0 Å². The maximum atomic E-state index is 14.0. The highest BCUT2D eigenvalue weighted by atomic mass is 19.1. The van der Waals surface area contributed by atoms with E-state index >= 15 is 0 Å². The molecule has 0 spiro atoms. The third kappa shape index (κ3) is 4.22. The normalized spacial score (nSPS) is 19.1. The molecule has 1 heterocycles. The van der Waals surface area contributed by atoms with Crippen LogP contribution in [0.3, 0.4) is 0 Å². The van der Waals surface area contributed by atoms with Crippen LogP contribution in [0.4, 0.5) is 8.78 Å². The summed E-state index contributed by atoms with van der Waals surface area (Å²) in [6.45, 7) is 9.52. The van der Waals surface area contributed by atoms with Crippen molar-refractivity contribution in [3.05, 3.63) is 35.4 Å². The van der Waals surface area contributed by atoms with E-state index in [9.17, 15) is 8.78 Å². The van der Waals surface area contributed by atoms with Crippen molar-refractivity contribution in [1.82, 2.24) is 9.80 Å². The maximum Gasteiger partial charge on any atom is 0.130 e. The van der Waals surface area contributed by atoms with Gasteiger partial charge in [0.05, 0.1) is 6.04 Å². The predicted molar refractivity (Wildman–Crippen MR) is 81.0 cm³/mol. The molecule has 1 unspecified atom stereocenters. The van der Waals surface area contributed by atoms with Crippen LogP contribution in [0.5, 0.6) is 0 Å². The highest BCUT2D eigenvalue weighted by Gasteiger charge is 2.26. The second kappa shape index (κ2) is 7.29. The summed E-state index contributed by atoms with van der Waals surface area (Å²) in [5.41, 5.74) is 6.34. The average molecular weight is 297 g/mol. The van der Waals surface area contributed by atoms with Crippen LogP contribution in [0, 0.1) is 17.6 Å². The minimum Gasteiger partial charge on any atom is -0.329 e.